The third-order valence-electron chi connectivity index (χ3n) is 4.51. The summed E-state index contributed by atoms with van der Waals surface area (Å²) >= 11 is 1.13. The first kappa shape index (κ1) is 18.5. The molecule has 1 aliphatic heterocycles. The topological polar surface area (TPSA) is 84.4 Å². The van der Waals surface area contributed by atoms with Crippen molar-refractivity contribution in [3.63, 3.8) is 0 Å². The van der Waals surface area contributed by atoms with E-state index >= 15 is 0 Å². The number of aromatic nitrogens is 1. The van der Waals surface area contributed by atoms with Gasteiger partial charge in [-0.25, -0.2) is 16.8 Å². The van der Waals surface area contributed by atoms with E-state index in [-0.39, 0.29) is 15.7 Å². The van der Waals surface area contributed by atoms with Crippen LogP contribution in [0.4, 0.5) is 0 Å². The number of nitrogens with zero attached hydrogens (tertiary/aromatic N) is 2. The lowest BCUT2D eigenvalue weighted by atomic mass is 10.1. The molecular formula is C16H20N2O4S3. The smallest absolute Gasteiger partial charge is 0.193 e. The maximum Gasteiger partial charge on any atom is 0.193 e. The molecule has 0 saturated carbocycles. The van der Waals surface area contributed by atoms with Crippen molar-refractivity contribution in [1.82, 2.24) is 9.88 Å². The first-order chi connectivity index (χ1) is 11.8. The Hall–Kier alpha value is -1.29. The molecule has 9 heteroatoms. The van der Waals surface area contributed by atoms with Crippen LogP contribution in [0.2, 0.25) is 0 Å². The standard InChI is InChI=1S/C16H20N2O4S3/c1-18(9-6-13-4-7-17-8-5-13)14-11-24(19,20)12-15(14)25(21,22)16-3-2-10-23-16/h2-5,7-8,10,14-15H,6,9,11-12H2,1H3/t14-,15-/m0/s1. The van der Waals surface area contributed by atoms with Crippen molar-refractivity contribution in [2.45, 2.75) is 21.9 Å². The molecule has 3 heterocycles. The fraction of sp³-hybridized carbons (Fsp3) is 0.438. The monoisotopic (exact) mass is 400 g/mol. The highest BCUT2D eigenvalue weighted by Gasteiger charge is 2.47. The van der Waals surface area contributed by atoms with E-state index in [4.69, 9.17) is 0 Å². The second-order valence-corrected chi connectivity index (χ2v) is 11.7. The second kappa shape index (κ2) is 7.14. The van der Waals surface area contributed by atoms with Gasteiger partial charge in [0, 0.05) is 25.0 Å². The van der Waals surface area contributed by atoms with Gasteiger partial charge in [0.1, 0.15) is 4.21 Å². The van der Waals surface area contributed by atoms with E-state index in [9.17, 15) is 16.8 Å². The van der Waals surface area contributed by atoms with Gasteiger partial charge in [-0.1, -0.05) is 6.07 Å². The molecule has 25 heavy (non-hydrogen) atoms. The Morgan fingerprint density at radius 2 is 1.96 bits per heavy atom. The number of pyridine rings is 1. The molecular weight excluding hydrogens is 380 g/mol. The van der Waals surface area contributed by atoms with E-state index in [1.807, 2.05) is 17.0 Å². The Morgan fingerprint density at radius 1 is 1.24 bits per heavy atom. The van der Waals surface area contributed by atoms with Crippen LogP contribution >= 0.6 is 11.3 Å². The summed E-state index contributed by atoms with van der Waals surface area (Å²) in [6, 6.07) is 6.49. The third-order valence-corrected chi connectivity index (χ3v) is 10.1. The number of rotatable bonds is 6. The Kier molecular flexibility index (Phi) is 5.29. The fourth-order valence-corrected chi connectivity index (χ4v) is 9.23. The van der Waals surface area contributed by atoms with Crippen LogP contribution < -0.4 is 0 Å². The van der Waals surface area contributed by atoms with Crippen molar-refractivity contribution in [2.75, 3.05) is 25.1 Å². The van der Waals surface area contributed by atoms with Gasteiger partial charge in [-0.05, 0) is 42.6 Å². The Morgan fingerprint density at radius 3 is 2.60 bits per heavy atom. The summed E-state index contributed by atoms with van der Waals surface area (Å²) in [5.74, 6) is -0.424. The number of likely N-dealkylation sites (N-methyl/N-ethyl adjacent to an activating group) is 1. The van der Waals surface area contributed by atoms with E-state index in [0.29, 0.717) is 13.0 Å². The highest BCUT2D eigenvalue weighted by atomic mass is 32.2. The van der Waals surface area contributed by atoms with E-state index in [2.05, 4.69) is 4.98 Å². The number of hydrogen-bond donors (Lipinski definition) is 0. The average molecular weight is 401 g/mol. The van der Waals surface area contributed by atoms with Gasteiger partial charge in [-0.2, -0.15) is 0 Å². The van der Waals surface area contributed by atoms with Crippen molar-refractivity contribution in [3.8, 4) is 0 Å². The molecule has 0 aliphatic carbocycles. The van der Waals surface area contributed by atoms with Crippen molar-refractivity contribution >= 4 is 31.0 Å². The summed E-state index contributed by atoms with van der Waals surface area (Å²) in [5, 5.41) is 0.775. The van der Waals surface area contributed by atoms with Crippen molar-refractivity contribution in [1.29, 1.82) is 0 Å². The summed E-state index contributed by atoms with van der Waals surface area (Å²) in [6.07, 6.45) is 4.13. The summed E-state index contributed by atoms with van der Waals surface area (Å²) in [6.45, 7) is 0.584. The van der Waals surface area contributed by atoms with Crippen LogP contribution in [0.1, 0.15) is 5.56 Å². The minimum atomic E-state index is -3.66. The van der Waals surface area contributed by atoms with E-state index < -0.39 is 31.0 Å². The fourth-order valence-electron chi connectivity index (χ4n) is 3.10. The SMILES string of the molecule is CN(CCc1ccncc1)[C@H]1CS(=O)(=O)C[C@@H]1S(=O)(=O)c1cccs1. The molecule has 1 saturated heterocycles. The normalized spacial score (nSPS) is 23.1. The molecule has 0 N–H and O–H groups in total. The average Bonchev–Trinajstić information content (AvgIpc) is 3.22. The Bertz CT molecular complexity index is 910. The lowest BCUT2D eigenvalue weighted by Gasteiger charge is -2.28. The molecule has 0 amide bonds. The molecule has 0 aromatic carbocycles. The molecule has 1 fully saturated rings. The highest BCUT2D eigenvalue weighted by molar-refractivity contribution is 7.97. The molecule has 2 atom stereocenters. The van der Waals surface area contributed by atoms with Gasteiger partial charge in [0.15, 0.2) is 19.7 Å². The van der Waals surface area contributed by atoms with Crippen LogP contribution in [0.15, 0.2) is 46.2 Å². The summed E-state index contributed by atoms with van der Waals surface area (Å²) in [5.41, 5.74) is 1.08. The predicted octanol–water partition coefficient (Wildman–Crippen LogP) is 1.26. The zero-order valence-corrected chi connectivity index (χ0v) is 16.2. The zero-order chi connectivity index (χ0) is 18.1. The van der Waals surface area contributed by atoms with Gasteiger partial charge < -0.3 is 4.90 Å². The van der Waals surface area contributed by atoms with Gasteiger partial charge in [0.2, 0.25) is 0 Å². The molecule has 2 aromatic rings. The second-order valence-electron chi connectivity index (χ2n) is 6.25. The first-order valence-electron chi connectivity index (χ1n) is 7.86. The summed E-state index contributed by atoms with van der Waals surface area (Å²) in [7, 11) is -5.23. The molecule has 0 spiro atoms. The molecule has 0 unspecified atom stereocenters. The quantitative estimate of drug-likeness (QED) is 0.726. The van der Waals surface area contributed by atoms with Crippen LogP contribution in [0.25, 0.3) is 0 Å². The van der Waals surface area contributed by atoms with Crippen molar-refractivity contribution < 1.29 is 16.8 Å². The van der Waals surface area contributed by atoms with Gasteiger partial charge in [-0.3, -0.25) is 4.98 Å². The molecule has 0 radical (unpaired) electrons. The minimum Gasteiger partial charge on any atom is -0.301 e. The first-order valence-corrected chi connectivity index (χ1v) is 12.1. The Balaban J connectivity index is 1.80. The predicted molar refractivity (Wildman–Crippen MR) is 98.3 cm³/mol. The Labute approximate surface area is 152 Å². The third kappa shape index (κ3) is 4.11. The molecule has 136 valence electrons. The molecule has 3 rings (SSSR count). The van der Waals surface area contributed by atoms with Crippen molar-refractivity contribution in [2.24, 2.45) is 0 Å². The van der Waals surface area contributed by atoms with E-state index in [1.165, 1.54) is 0 Å². The summed E-state index contributed by atoms with van der Waals surface area (Å²) in [4.78, 5) is 5.83. The van der Waals surface area contributed by atoms with Crippen LogP contribution in [-0.4, -0.2) is 63.1 Å². The van der Waals surface area contributed by atoms with Crippen LogP contribution in [0.3, 0.4) is 0 Å². The highest BCUT2D eigenvalue weighted by Crippen LogP contribution is 2.30. The van der Waals surface area contributed by atoms with Gasteiger partial charge in [-0.15, -0.1) is 11.3 Å². The van der Waals surface area contributed by atoms with Crippen molar-refractivity contribution in [3.05, 3.63) is 47.6 Å². The number of sulfone groups is 2. The van der Waals surface area contributed by atoms with Gasteiger partial charge in [0.25, 0.3) is 0 Å². The molecule has 0 bridgehead atoms. The number of thiophene rings is 1. The largest absolute Gasteiger partial charge is 0.301 e. The van der Waals surface area contributed by atoms with Crippen LogP contribution in [0, 0.1) is 0 Å². The summed E-state index contributed by atoms with van der Waals surface area (Å²) < 4.78 is 50.3. The zero-order valence-electron chi connectivity index (χ0n) is 13.8. The van der Waals surface area contributed by atoms with Crippen LogP contribution in [0.5, 0.6) is 0 Å². The van der Waals surface area contributed by atoms with Gasteiger partial charge in [0.05, 0.1) is 16.8 Å². The minimum absolute atomic E-state index is 0.116. The number of hydrogen-bond acceptors (Lipinski definition) is 7. The lowest BCUT2D eigenvalue weighted by Crippen LogP contribution is -2.45. The molecule has 1 aliphatic rings. The van der Waals surface area contributed by atoms with E-state index in [0.717, 1.165) is 16.9 Å². The van der Waals surface area contributed by atoms with Gasteiger partial charge >= 0.3 is 0 Å². The molecule has 6 nitrogen and oxygen atoms in total. The molecule has 2 aromatic heterocycles. The lowest BCUT2D eigenvalue weighted by molar-refractivity contribution is 0.266. The maximum atomic E-state index is 12.9. The maximum absolute atomic E-state index is 12.9. The van der Waals surface area contributed by atoms with E-state index in [1.54, 1.807) is 37.0 Å². The van der Waals surface area contributed by atoms with Crippen LogP contribution in [-0.2, 0) is 26.1 Å².